The van der Waals surface area contributed by atoms with E-state index < -0.39 is 0 Å². The second kappa shape index (κ2) is 7.57. The maximum atomic E-state index is 9.79. The minimum atomic E-state index is -0.309. The lowest BCUT2D eigenvalue weighted by molar-refractivity contribution is 0.115. The Kier molecular flexibility index (Phi) is 7.13. The third kappa shape index (κ3) is 3.93. The second-order valence-corrected chi connectivity index (χ2v) is 3.24. The molecule has 1 heteroatoms. The Morgan fingerprint density at radius 2 is 1.64 bits per heavy atom. The normalized spacial score (nSPS) is 13.8. The van der Waals surface area contributed by atoms with Gasteiger partial charge in [-0.2, -0.15) is 0 Å². The average molecular weight is 194 g/mol. The third-order valence-corrected chi connectivity index (χ3v) is 2.32. The summed E-state index contributed by atoms with van der Waals surface area (Å²) >= 11 is 0. The van der Waals surface area contributed by atoms with Gasteiger partial charge in [-0.05, 0) is 11.5 Å². The van der Waals surface area contributed by atoms with Crippen LogP contribution < -0.4 is 0 Å². The van der Waals surface area contributed by atoms with E-state index in [-0.39, 0.29) is 6.10 Å². The Bertz CT molecular complexity index is 218. The zero-order chi connectivity index (χ0) is 11.0. The lowest BCUT2D eigenvalue weighted by atomic mass is 9.95. The van der Waals surface area contributed by atoms with Crippen LogP contribution in [-0.4, -0.2) is 5.11 Å². The summed E-state index contributed by atoms with van der Waals surface area (Å²) < 4.78 is 0. The molecule has 0 amide bonds. The molecule has 1 aromatic rings. The van der Waals surface area contributed by atoms with E-state index in [1.165, 1.54) is 0 Å². The van der Waals surface area contributed by atoms with Crippen LogP contribution in [0.25, 0.3) is 0 Å². The van der Waals surface area contributed by atoms with E-state index in [4.69, 9.17) is 0 Å². The van der Waals surface area contributed by atoms with Gasteiger partial charge in [-0.25, -0.2) is 0 Å². The Labute approximate surface area is 87.8 Å². The Balaban J connectivity index is 0.000000791. The maximum Gasteiger partial charge on any atom is 0.0815 e. The minimum Gasteiger partial charge on any atom is -0.388 e. The first-order valence-electron chi connectivity index (χ1n) is 5.48. The Morgan fingerprint density at radius 1 is 1.14 bits per heavy atom. The van der Waals surface area contributed by atoms with Crippen molar-refractivity contribution < 1.29 is 5.11 Å². The maximum absolute atomic E-state index is 9.79. The van der Waals surface area contributed by atoms with Crippen LogP contribution in [0.15, 0.2) is 30.3 Å². The highest BCUT2D eigenvalue weighted by molar-refractivity contribution is 5.17. The van der Waals surface area contributed by atoms with Crippen LogP contribution in [0.1, 0.15) is 45.8 Å². The number of aliphatic hydroxyl groups is 1. The molecule has 0 fully saturated rings. The van der Waals surface area contributed by atoms with Gasteiger partial charge in [0.1, 0.15) is 0 Å². The van der Waals surface area contributed by atoms with E-state index in [9.17, 15) is 5.11 Å². The van der Waals surface area contributed by atoms with Crippen molar-refractivity contribution in [3.8, 4) is 0 Å². The summed E-state index contributed by atoms with van der Waals surface area (Å²) in [5.41, 5.74) is 1.02. The van der Waals surface area contributed by atoms with Crippen LogP contribution in [0.5, 0.6) is 0 Å². The molecule has 0 aliphatic rings. The van der Waals surface area contributed by atoms with Gasteiger partial charge >= 0.3 is 0 Å². The summed E-state index contributed by atoms with van der Waals surface area (Å²) in [6.45, 7) is 8.16. The molecule has 0 aliphatic carbocycles. The van der Waals surface area contributed by atoms with Crippen molar-refractivity contribution in [3.63, 3.8) is 0 Å². The smallest absolute Gasteiger partial charge is 0.0815 e. The SMILES string of the molecule is CC.CC[C@@H](C)[C@H](O)c1ccccc1. The molecule has 0 spiro atoms. The fraction of sp³-hybridized carbons (Fsp3) is 0.538. The number of hydrogen-bond donors (Lipinski definition) is 1. The van der Waals surface area contributed by atoms with Crippen LogP contribution in [0.4, 0.5) is 0 Å². The van der Waals surface area contributed by atoms with E-state index in [1.54, 1.807) is 0 Å². The van der Waals surface area contributed by atoms with Crippen molar-refractivity contribution in [2.24, 2.45) is 5.92 Å². The standard InChI is InChI=1S/C11H16O.C2H6/c1-3-9(2)11(12)10-7-5-4-6-8-10;1-2/h4-9,11-12H,3H2,1-2H3;1-2H3/t9-,11+;/m1./s1. The first kappa shape index (κ1) is 13.2. The van der Waals surface area contributed by atoms with E-state index in [1.807, 2.05) is 44.2 Å². The molecule has 80 valence electrons. The average Bonchev–Trinajstić information content (AvgIpc) is 2.31. The summed E-state index contributed by atoms with van der Waals surface area (Å²) in [6, 6.07) is 9.82. The molecule has 0 aliphatic heterocycles. The summed E-state index contributed by atoms with van der Waals surface area (Å²) in [5, 5.41) is 9.79. The van der Waals surface area contributed by atoms with Gasteiger partial charge in [0.15, 0.2) is 0 Å². The van der Waals surface area contributed by atoms with Crippen molar-refractivity contribution in [1.29, 1.82) is 0 Å². The molecule has 0 saturated carbocycles. The minimum absolute atomic E-state index is 0.309. The number of rotatable bonds is 3. The first-order valence-corrected chi connectivity index (χ1v) is 5.48. The van der Waals surface area contributed by atoms with Crippen LogP contribution in [0, 0.1) is 5.92 Å². The van der Waals surface area contributed by atoms with E-state index in [2.05, 4.69) is 13.8 Å². The molecular weight excluding hydrogens is 172 g/mol. The molecule has 1 aromatic carbocycles. The molecule has 0 heterocycles. The Hall–Kier alpha value is -0.820. The zero-order valence-electron chi connectivity index (χ0n) is 9.70. The number of hydrogen-bond acceptors (Lipinski definition) is 1. The quantitative estimate of drug-likeness (QED) is 0.776. The van der Waals surface area contributed by atoms with E-state index in [0.29, 0.717) is 5.92 Å². The van der Waals surface area contributed by atoms with Gasteiger partial charge < -0.3 is 5.11 Å². The summed E-state index contributed by atoms with van der Waals surface area (Å²) in [5.74, 6) is 0.340. The molecule has 0 saturated heterocycles. The van der Waals surface area contributed by atoms with Crippen LogP contribution in [-0.2, 0) is 0 Å². The van der Waals surface area contributed by atoms with Crippen molar-refractivity contribution in [2.45, 2.75) is 40.2 Å². The topological polar surface area (TPSA) is 20.2 Å². The summed E-state index contributed by atoms with van der Waals surface area (Å²) in [7, 11) is 0. The fourth-order valence-electron chi connectivity index (χ4n) is 1.20. The van der Waals surface area contributed by atoms with E-state index in [0.717, 1.165) is 12.0 Å². The van der Waals surface area contributed by atoms with Crippen LogP contribution in [0.2, 0.25) is 0 Å². The molecule has 1 N–H and O–H groups in total. The second-order valence-electron chi connectivity index (χ2n) is 3.24. The monoisotopic (exact) mass is 194 g/mol. The summed E-state index contributed by atoms with van der Waals surface area (Å²) in [6.07, 6.45) is 0.701. The van der Waals surface area contributed by atoms with Crippen LogP contribution >= 0.6 is 0 Å². The van der Waals surface area contributed by atoms with Gasteiger partial charge in [0.2, 0.25) is 0 Å². The highest BCUT2D eigenvalue weighted by Gasteiger charge is 2.13. The van der Waals surface area contributed by atoms with Crippen molar-refractivity contribution in [1.82, 2.24) is 0 Å². The predicted octanol–water partition coefficient (Wildman–Crippen LogP) is 3.79. The Morgan fingerprint density at radius 3 is 2.07 bits per heavy atom. The predicted molar refractivity (Wildman–Crippen MR) is 62.2 cm³/mol. The molecule has 0 aromatic heterocycles. The summed E-state index contributed by atoms with van der Waals surface area (Å²) in [4.78, 5) is 0. The largest absolute Gasteiger partial charge is 0.388 e. The van der Waals surface area contributed by atoms with Crippen molar-refractivity contribution in [3.05, 3.63) is 35.9 Å². The van der Waals surface area contributed by atoms with Gasteiger partial charge in [0, 0.05) is 0 Å². The van der Waals surface area contributed by atoms with Gasteiger partial charge in [-0.3, -0.25) is 0 Å². The molecule has 1 nitrogen and oxygen atoms in total. The molecule has 1 rings (SSSR count). The van der Waals surface area contributed by atoms with Gasteiger partial charge in [-0.1, -0.05) is 64.4 Å². The lowest BCUT2D eigenvalue weighted by Crippen LogP contribution is -2.07. The van der Waals surface area contributed by atoms with Gasteiger partial charge in [0.25, 0.3) is 0 Å². The highest BCUT2D eigenvalue weighted by Crippen LogP contribution is 2.23. The van der Waals surface area contributed by atoms with Crippen molar-refractivity contribution >= 4 is 0 Å². The molecule has 2 atom stereocenters. The molecular formula is C13H22O. The molecule has 0 bridgehead atoms. The fourth-order valence-corrected chi connectivity index (χ4v) is 1.20. The van der Waals surface area contributed by atoms with Crippen LogP contribution in [0.3, 0.4) is 0 Å². The molecule has 14 heavy (non-hydrogen) atoms. The van der Waals surface area contributed by atoms with E-state index >= 15 is 0 Å². The number of benzene rings is 1. The first-order chi connectivity index (χ1) is 6.75. The van der Waals surface area contributed by atoms with Gasteiger partial charge in [-0.15, -0.1) is 0 Å². The lowest BCUT2D eigenvalue weighted by Gasteiger charge is -2.16. The molecule has 0 radical (unpaired) electrons. The zero-order valence-corrected chi connectivity index (χ0v) is 9.70. The van der Waals surface area contributed by atoms with Gasteiger partial charge in [0.05, 0.1) is 6.10 Å². The third-order valence-electron chi connectivity index (χ3n) is 2.32. The molecule has 0 unspecified atom stereocenters. The highest BCUT2D eigenvalue weighted by atomic mass is 16.3. The number of aliphatic hydroxyl groups excluding tert-OH is 1. The van der Waals surface area contributed by atoms with Crippen molar-refractivity contribution in [2.75, 3.05) is 0 Å².